The molecule has 0 aromatic heterocycles. The maximum Gasteiger partial charge on any atom is 0.0421 e. The third-order valence-electron chi connectivity index (χ3n) is 2.76. The molecule has 0 aliphatic carbocycles. The van der Waals surface area contributed by atoms with E-state index < -0.39 is 0 Å². The van der Waals surface area contributed by atoms with E-state index in [2.05, 4.69) is 29.6 Å². The average molecular weight is 299 g/mol. The smallest absolute Gasteiger partial charge is 0.0421 e. The van der Waals surface area contributed by atoms with E-state index in [0.717, 1.165) is 13.1 Å². The summed E-state index contributed by atoms with van der Waals surface area (Å²) >= 11 is 0. The van der Waals surface area contributed by atoms with Crippen molar-refractivity contribution < 1.29 is 0 Å². The molecule has 0 saturated carbocycles. The largest absolute Gasteiger partial charge is 0.323 e. The molecule has 0 aliphatic heterocycles. The van der Waals surface area contributed by atoms with E-state index in [9.17, 15) is 0 Å². The van der Waals surface area contributed by atoms with Crippen LogP contribution < -0.4 is 11.1 Å². The summed E-state index contributed by atoms with van der Waals surface area (Å²) in [5.41, 5.74) is 8.56. The minimum Gasteiger partial charge on any atom is -0.323 e. The maximum atomic E-state index is 6.10. The lowest BCUT2D eigenvalue weighted by molar-refractivity contribution is 0.598. The summed E-state index contributed by atoms with van der Waals surface area (Å²) in [5, 5.41) is 3.37. The van der Waals surface area contributed by atoms with Crippen LogP contribution in [0, 0.1) is 0 Å². The van der Waals surface area contributed by atoms with E-state index in [1.807, 2.05) is 36.4 Å². The molecule has 19 heavy (non-hydrogen) atoms. The predicted octanol–water partition coefficient (Wildman–Crippen LogP) is 3.32. The highest BCUT2D eigenvalue weighted by Gasteiger charge is 2.03. The molecule has 0 heterocycles. The van der Waals surface area contributed by atoms with Crippen LogP contribution in [0.15, 0.2) is 60.7 Å². The van der Waals surface area contributed by atoms with Crippen LogP contribution >= 0.6 is 24.8 Å². The SMILES string of the molecule is Cl.Cl.NC(CNCc1ccccc1)c1ccccc1. The van der Waals surface area contributed by atoms with Crippen molar-refractivity contribution in [3.05, 3.63) is 71.8 Å². The second-order valence-electron chi connectivity index (χ2n) is 4.13. The first-order valence-corrected chi connectivity index (χ1v) is 5.91. The fraction of sp³-hybridized carbons (Fsp3) is 0.200. The lowest BCUT2D eigenvalue weighted by Gasteiger charge is -2.13. The van der Waals surface area contributed by atoms with Gasteiger partial charge in [0.15, 0.2) is 0 Å². The Kier molecular flexibility index (Phi) is 9.27. The van der Waals surface area contributed by atoms with Crippen molar-refractivity contribution in [2.24, 2.45) is 5.73 Å². The fourth-order valence-corrected chi connectivity index (χ4v) is 1.79. The number of benzene rings is 2. The van der Waals surface area contributed by atoms with Crippen molar-refractivity contribution in [3.8, 4) is 0 Å². The summed E-state index contributed by atoms with van der Waals surface area (Å²) < 4.78 is 0. The average Bonchev–Trinajstić information content (AvgIpc) is 2.41. The molecule has 0 bridgehead atoms. The Hall–Kier alpha value is -1.06. The molecule has 0 amide bonds. The number of nitrogens with one attached hydrogen (secondary N) is 1. The van der Waals surface area contributed by atoms with Gasteiger partial charge >= 0.3 is 0 Å². The Morgan fingerprint density at radius 3 is 1.95 bits per heavy atom. The minimum absolute atomic E-state index is 0. The summed E-state index contributed by atoms with van der Waals surface area (Å²) in [7, 11) is 0. The van der Waals surface area contributed by atoms with Crippen LogP contribution in [0.5, 0.6) is 0 Å². The number of nitrogens with two attached hydrogens (primary N) is 1. The summed E-state index contributed by atoms with van der Waals surface area (Å²) in [5.74, 6) is 0. The monoisotopic (exact) mass is 298 g/mol. The number of halogens is 2. The normalized spacial score (nSPS) is 11.0. The van der Waals surface area contributed by atoms with Gasteiger partial charge in [-0.15, -0.1) is 24.8 Å². The quantitative estimate of drug-likeness (QED) is 0.889. The van der Waals surface area contributed by atoms with Crippen molar-refractivity contribution in [1.82, 2.24) is 5.32 Å². The maximum absolute atomic E-state index is 6.10. The summed E-state index contributed by atoms with van der Waals surface area (Å²) in [6.07, 6.45) is 0. The van der Waals surface area contributed by atoms with Crippen molar-refractivity contribution in [2.75, 3.05) is 6.54 Å². The van der Waals surface area contributed by atoms with Crippen molar-refractivity contribution >= 4 is 24.8 Å². The minimum atomic E-state index is 0. The molecule has 2 aromatic rings. The molecule has 2 rings (SSSR count). The van der Waals surface area contributed by atoms with Gasteiger partial charge in [-0.25, -0.2) is 0 Å². The first kappa shape index (κ1) is 17.9. The van der Waals surface area contributed by atoms with E-state index >= 15 is 0 Å². The molecule has 1 atom stereocenters. The zero-order chi connectivity index (χ0) is 11.9. The van der Waals surface area contributed by atoms with Gasteiger partial charge in [-0.05, 0) is 11.1 Å². The van der Waals surface area contributed by atoms with Gasteiger partial charge in [0.05, 0.1) is 0 Å². The molecule has 3 N–H and O–H groups in total. The summed E-state index contributed by atoms with van der Waals surface area (Å²) in [6, 6.07) is 20.6. The zero-order valence-corrected chi connectivity index (χ0v) is 12.3. The Balaban J connectivity index is 0.00000162. The van der Waals surface area contributed by atoms with Crippen LogP contribution in [-0.4, -0.2) is 6.54 Å². The topological polar surface area (TPSA) is 38.0 Å². The Bertz CT molecular complexity index is 434. The number of rotatable bonds is 5. The second-order valence-corrected chi connectivity index (χ2v) is 4.13. The van der Waals surface area contributed by atoms with Crippen LogP contribution in [0.3, 0.4) is 0 Å². The molecule has 0 aliphatic rings. The lowest BCUT2D eigenvalue weighted by Crippen LogP contribution is -2.26. The van der Waals surface area contributed by atoms with Crippen LogP contribution in [0.2, 0.25) is 0 Å². The van der Waals surface area contributed by atoms with Crippen LogP contribution in [0.25, 0.3) is 0 Å². The Labute approximate surface area is 127 Å². The third kappa shape index (κ3) is 6.08. The van der Waals surface area contributed by atoms with E-state index in [1.54, 1.807) is 0 Å². The van der Waals surface area contributed by atoms with Gasteiger partial charge in [0.2, 0.25) is 0 Å². The van der Waals surface area contributed by atoms with E-state index in [4.69, 9.17) is 5.73 Å². The molecule has 2 aromatic carbocycles. The first-order chi connectivity index (χ1) is 8.36. The van der Waals surface area contributed by atoms with E-state index in [1.165, 1.54) is 11.1 Å². The first-order valence-electron chi connectivity index (χ1n) is 5.91. The molecule has 4 heteroatoms. The Morgan fingerprint density at radius 1 is 0.842 bits per heavy atom. The van der Waals surface area contributed by atoms with Gasteiger partial charge in [-0.1, -0.05) is 60.7 Å². The van der Waals surface area contributed by atoms with Crippen molar-refractivity contribution in [1.29, 1.82) is 0 Å². The van der Waals surface area contributed by atoms with Gasteiger partial charge < -0.3 is 11.1 Å². The zero-order valence-electron chi connectivity index (χ0n) is 10.7. The molecular weight excluding hydrogens is 279 g/mol. The van der Waals surface area contributed by atoms with Crippen LogP contribution in [-0.2, 0) is 6.54 Å². The molecule has 0 saturated heterocycles. The molecule has 0 fully saturated rings. The molecule has 0 radical (unpaired) electrons. The van der Waals surface area contributed by atoms with Gasteiger partial charge in [0.1, 0.15) is 0 Å². The second kappa shape index (κ2) is 9.82. The highest BCUT2D eigenvalue weighted by Crippen LogP contribution is 2.08. The van der Waals surface area contributed by atoms with E-state index in [0.29, 0.717) is 0 Å². The van der Waals surface area contributed by atoms with Crippen molar-refractivity contribution in [3.63, 3.8) is 0 Å². The highest BCUT2D eigenvalue weighted by atomic mass is 35.5. The third-order valence-corrected chi connectivity index (χ3v) is 2.76. The predicted molar refractivity (Wildman–Crippen MR) is 86.0 cm³/mol. The van der Waals surface area contributed by atoms with Gasteiger partial charge in [0, 0.05) is 19.1 Å². The van der Waals surface area contributed by atoms with Crippen LogP contribution in [0.4, 0.5) is 0 Å². The molecular formula is C15H20Cl2N2. The van der Waals surface area contributed by atoms with Gasteiger partial charge in [-0.3, -0.25) is 0 Å². The highest BCUT2D eigenvalue weighted by molar-refractivity contribution is 5.85. The number of hydrogen-bond donors (Lipinski definition) is 2. The van der Waals surface area contributed by atoms with Gasteiger partial charge in [-0.2, -0.15) is 0 Å². The van der Waals surface area contributed by atoms with Crippen LogP contribution in [0.1, 0.15) is 17.2 Å². The summed E-state index contributed by atoms with van der Waals surface area (Å²) in [6.45, 7) is 1.65. The van der Waals surface area contributed by atoms with Crippen molar-refractivity contribution in [2.45, 2.75) is 12.6 Å². The molecule has 0 spiro atoms. The fourth-order valence-electron chi connectivity index (χ4n) is 1.79. The molecule has 1 unspecified atom stereocenters. The summed E-state index contributed by atoms with van der Waals surface area (Å²) in [4.78, 5) is 0. The van der Waals surface area contributed by atoms with E-state index in [-0.39, 0.29) is 30.9 Å². The molecule has 2 nitrogen and oxygen atoms in total. The number of hydrogen-bond acceptors (Lipinski definition) is 2. The lowest BCUT2D eigenvalue weighted by atomic mass is 10.1. The van der Waals surface area contributed by atoms with Gasteiger partial charge in [0.25, 0.3) is 0 Å². The Morgan fingerprint density at radius 2 is 1.37 bits per heavy atom. The molecule has 104 valence electrons. The standard InChI is InChI=1S/C15H18N2.2ClH/c16-15(14-9-5-2-6-10-14)12-17-11-13-7-3-1-4-8-13;;/h1-10,15,17H,11-12,16H2;2*1H.